The van der Waals surface area contributed by atoms with Gasteiger partial charge < -0.3 is 10.1 Å². The van der Waals surface area contributed by atoms with E-state index >= 15 is 0 Å². The maximum absolute atomic E-state index is 13.9. The van der Waals surface area contributed by atoms with Gasteiger partial charge in [-0.15, -0.1) is 0 Å². The van der Waals surface area contributed by atoms with Gasteiger partial charge in [0.2, 0.25) is 0 Å². The Labute approximate surface area is 125 Å². The summed E-state index contributed by atoms with van der Waals surface area (Å²) in [5, 5.41) is 3.34. The molecule has 0 amide bonds. The van der Waals surface area contributed by atoms with Crippen LogP contribution in [-0.2, 0) is 6.42 Å². The predicted octanol–water partition coefficient (Wildman–Crippen LogP) is 4.52. The third-order valence-corrected chi connectivity index (χ3v) is 4.09. The first-order valence-electron chi connectivity index (χ1n) is 7.41. The van der Waals surface area contributed by atoms with Crippen molar-refractivity contribution in [3.8, 4) is 11.5 Å². The molecule has 1 unspecified atom stereocenters. The van der Waals surface area contributed by atoms with Gasteiger partial charge in [0, 0.05) is 6.04 Å². The van der Waals surface area contributed by atoms with Crippen molar-refractivity contribution in [2.24, 2.45) is 0 Å². The van der Waals surface area contributed by atoms with E-state index in [4.69, 9.17) is 4.74 Å². The summed E-state index contributed by atoms with van der Waals surface area (Å²) in [6, 6.07) is 11.5. The second kappa shape index (κ2) is 5.86. The fraction of sp³-hybridized carbons (Fsp3) is 0.333. The summed E-state index contributed by atoms with van der Waals surface area (Å²) in [4.78, 5) is 0. The first kappa shape index (κ1) is 14.1. The molecule has 3 rings (SSSR count). The third kappa shape index (κ3) is 2.93. The van der Waals surface area contributed by atoms with Crippen LogP contribution >= 0.6 is 0 Å². The van der Waals surface area contributed by atoms with Gasteiger partial charge in [0.1, 0.15) is 5.75 Å². The Morgan fingerprint density at radius 1 is 1.19 bits per heavy atom. The molecule has 3 heteroatoms. The molecular formula is C18H20FNO. The Kier molecular flexibility index (Phi) is 3.93. The molecule has 1 N–H and O–H groups in total. The highest BCUT2D eigenvalue weighted by atomic mass is 19.1. The lowest BCUT2D eigenvalue weighted by Crippen LogP contribution is -2.21. The van der Waals surface area contributed by atoms with E-state index in [9.17, 15) is 4.39 Å². The van der Waals surface area contributed by atoms with Crippen LogP contribution in [0.4, 0.5) is 4.39 Å². The zero-order chi connectivity index (χ0) is 14.8. The molecule has 0 bridgehead atoms. The van der Waals surface area contributed by atoms with Gasteiger partial charge in [-0.2, -0.15) is 0 Å². The highest BCUT2D eigenvalue weighted by Gasteiger charge is 2.19. The lowest BCUT2D eigenvalue weighted by Gasteiger charge is -2.25. The SMILES string of the molecule is CNC1CCCc2cc(Oc3ccc(C)cc3F)ccc21. The summed E-state index contributed by atoms with van der Waals surface area (Å²) in [6.45, 7) is 1.86. The lowest BCUT2D eigenvalue weighted by molar-refractivity contribution is 0.438. The monoisotopic (exact) mass is 285 g/mol. The van der Waals surface area contributed by atoms with Crippen LogP contribution in [0.2, 0.25) is 0 Å². The van der Waals surface area contributed by atoms with Crippen LogP contribution in [0.1, 0.15) is 35.6 Å². The number of hydrogen-bond donors (Lipinski definition) is 1. The maximum Gasteiger partial charge on any atom is 0.165 e. The minimum absolute atomic E-state index is 0.279. The van der Waals surface area contributed by atoms with Gasteiger partial charge in [-0.25, -0.2) is 4.39 Å². The smallest absolute Gasteiger partial charge is 0.165 e. The summed E-state index contributed by atoms with van der Waals surface area (Å²) >= 11 is 0. The molecule has 0 spiro atoms. The molecule has 1 aliphatic carbocycles. The van der Waals surface area contributed by atoms with Crippen molar-refractivity contribution in [2.45, 2.75) is 32.2 Å². The molecule has 2 aromatic carbocycles. The summed E-state index contributed by atoms with van der Waals surface area (Å²) < 4.78 is 19.6. The number of nitrogens with one attached hydrogen (secondary N) is 1. The Balaban J connectivity index is 1.87. The molecule has 2 nitrogen and oxygen atoms in total. The number of ether oxygens (including phenoxy) is 1. The molecule has 0 fully saturated rings. The zero-order valence-corrected chi connectivity index (χ0v) is 12.4. The van der Waals surface area contributed by atoms with E-state index in [2.05, 4.69) is 11.4 Å². The highest BCUT2D eigenvalue weighted by molar-refractivity contribution is 5.41. The van der Waals surface area contributed by atoms with Crippen molar-refractivity contribution in [2.75, 3.05) is 7.05 Å². The second-order valence-corrected chi connectivity index (χ2v) is 5.63. The van der Waals surface area contributed by atoms with Gasteiger partial charge in [0.25, 0.3) is 0 Å². The zero-order valence-electron chi connectivity index (χ0n) is 12.4. The normalized spacial score (nSPS) is 17.4. The van der Waals surface area contributed by atoms with Gasteiger partial charge in [-0.3, -0.25) is 0 Å². The second-order valence-electron chi connectivity index (χ2n) is 5.63. The van der Waals surface area contributed by atoms with E-state index in [1.165, 1.54) is 23.6 Å². The number of rotatable bonds is 3. The molecule has 21 heavy (non-hydrogen) atoms. The third-order valence-electron chi connectivity index (χ3n) is 4.09. The Morgan fingerprint density at radius 3 is 2.81 bits per heavy atom. The summed E-state index contributed by atoms with van der Waals surface area (Å²) in [7, 11) is 1.99. The molecule has 0 saturated carbocycles. The van der Waals surface area contributed by atoms with Crippen molar-refractivity contribution < 1.29 is 9.13 Å². The largest absolute Gasteiger partial charge is 0.454 e. The number of fused-ring (bicyclic) bond motifs is 1. The van der Waals surface area contributed by atoms with Gasteiger partial charge >= 0.3 is 0 Å². The fourth-order valence-corrected chi connectivity index (χ4v) is 2.97. The molecule has 0 aliphatic heterocycles. The van der Waals surface area contributed by atoms with Crippen molar-refractivity contribution in [1.82, 2.24) is 5.32 Å². The number of benzene rings is 2. The molecule has 110 valence electrons. The molecule has 0 radical (unpaired) electrons. The lowest BCUT2D eigenvalue weighted by atomic mass is 9.87. The number of aryl methyl sites for hydroxylation is 2. The Morgan fingerprint density at radius 2 is 2.05 bits per heavy atom. The summed E-state index contributed by atoms with van der Waals surface area (Å²) in [5.74, 6) is 0.663. The van der Waals surface area contributed by atoms with Crippen molar-refractivity contribution in [3.05, 3.63) is 58.9 Å². The summed E-state index contributed by atoms with van der Waals surface area (Å²) in [5.41, 5.74) is 3.52. The van der Waals surface area contributed by atoms with Crippen LogP contribution in [0.15, 0.2) is 36.4 Å². The first-order chi connectivity index (χ1) is 10.2. The quantitative estimate of drug-likeness (QED) is 0.895. The summed E-state index contributed by atoms with van der Waals surface area (Å²) in [6.07, 6.45) is 3.39. The molecule has 0 heterocycles. The molecule has 0 aromatic heterocycles. The average molecular weight is 285 g/mol. The highest BCUT2D eigenvalue weighted by Crippen LogP contribution is 2.33. The van der Waals surface area contributed by atoms with Crippen LogP contribution in [0.3, 0.4) is 0 Å². The van der Waals surface area contributed by atoms with Crippen LogP contribution in [0.25, 0.3) is 0 Å². The molecule has 1 aliphatic rings. The van der Waals surface area contributed by atoms with Gasteiger partial charge in [-0.1, -0.05) is 12.1 Å². The molecule has 2 aromatic rings. The minimum Gasteiger partial charge on any atom is -0.454 e. The van der Waals surface area contributed by atoms with E-state index < -0.39 is 0 Å². The van der Waals surface area contributed by atoms with E-state index in [-0.39, 0.29) is 11.6 Å². The van der Waals surface area contributed by atoms with Gasteiger partial charge in [-0.05, 0) is 74.2 Å². The van der Waals surface area contributed by atoms with Crippen molar-refractivity contribution in [1.29, 1.82) is 0 Å². The predicted molar refractivity (Wildman–Crippen MR) is 82.4 cm³/mol. The first-order valence-corrected chi connectivity index (χ1v) is 7.41. The van der Waals surface area contributed by atoms with Crippen molar-refractivity contribution in [3.63, 3.8) is 0 Å². The minimum atomic E-state index is -0.319. The Hall–Kier alpha value is -1.87. The van der Waals surface area contributed by atoms with Gasteiger partial charge in [0.05, 0.1) is 0 Å². The standard InChI is InChI=1S/C18H20FNO/c1-12-6-9-18(16(19)10-12)21-14-7-8-15-13(11-14)4-3-5-17(15)20-2/h6-11,17,20H,3-5H2,1-2H3. The average Bonchev–Trinajstić information content (AvgIpc) is 2.49. The van der Waals surface area contributed by atoms with Crippen LogP contribution in [-0.4, -0.2) is 7.05 Å². The maximum atomic E-state index is 13.9. The van der Waals surface area contributed by atoms with E-state index in [1.807, 2.05) is 32.2 Å². The number of hydrogen-bond acceptors (Lipinski definition) is 2. The van der Waals surface area contributed by atoms with Crippen LogP contribution in [0, 0.1) is 12.7 Å². The van der Waals surface area contributed by atoms with E-state index in [0.29, 0.717) is 11.8 Å². The van der Waals surface area contributed by atoms with E-state index in [1.54, 1.807) is 6.07 Å². The Bertz CT molecular complexity index is 654. The van der Waals surface area contributed by atoms with Gasteiger partial charge in [0.15, 0.2) is 11.6 Å². The van der Waals surface area contributed by atoms with Crippen molar-refractivity contribution >= 4 is 0 Å². The molecular weight excluding hydrogens is 265 g/mol. The van der Waals surface area contributed by atoms with Crippen LogP contribution in [0.5, 0.6) is 11.5 Å². The van der Waals surface area contributed by atoms with Crippen LogP contribution < -0.4 is 10.1 Å². The topological polar surface area (TPSA) is 21.3 Å². The van der Waals surface area contributed by atoms with E-state index in [0.717, 1.165) is 18.4 Å². The molecule has 0 saturated heterocycles. The fourth-order valence-electron chi connectivity index (χ4n) is 2.97. The number of halogens is 1. The molecule has 1 atom stereocenters.